The molecule has 1 fully saturated rings. The van der Waals surface area contributed by atoms with E-state index in [-0.39, 0.29) is 17.6 Å². The zero-order chi connectivity index (χ0) is 24.7. The molecule has 2 N–H and O–H groups in total. The highest BCUT2D eigenvalue weighted by molar-refractivity contribution is 5.85. The van der Waals surface area contributed by atoms with Gasteiger partial charge < -0.3 is 15.0 Å². The average Bonchev–Trinajstić information content (AvgIpc) is 3.44. The smallest absolute Gasteiger partial charge is 0.326 e. The third kappa shape index (κ3) is 4.47. The zero-order valence-electron chi connectivity index (χ0n) is 21.3. The number of hydrogen-bond acceptors (Lipinski definition) is 5. The van der Waals surface area contributed by atoms with Crippen LogP contribution in [-0.4, -0.2) is 43.8 Å². The molecule has 4 aromatic rings. The van der Waals surface area contributed by atoms with Crippen molar-refractivity contribution in [3.8, 4) is 16.9 Å². The van der Waals surface area contributed by atoms with Gasteiger partial charge in [0.2, 0.25) is 0 Å². The normalized spacial score (nSPS) is 18.8. The van der Waals surface area contributed by atoms with Crippen molar-refractivity contribution >= 4 is 16.7 Å². The molecule has 1 aliphatic rings. The summed E-state index contributed by atoms with van der Waals surface area (Å²) in [7, 11) is 1.64. The minimum absolute atomic E-state index is 0.0187. The Bertz CT molecular complexity index is 1390. The molecule has 0 saturated heterocycles. The highest BCUT2D eigenvalue weighted by Crippen LogP contribution is 2.37. The van der Waals surface area contributed by atoms with Crippen LogP contribution >= 0.6 is 0 Å². The SMILES string of the molecule is COc1cc(-c2cc3[nH]c(=O)n(C4CCC(NCC(C)C)CC4)c3cc2C(C)C)cn2ncnc12. The van der Waals surface area contributed by atoms with Crippen LogP contribution in [0.15, 0.2) is 35.5 Å². The first kappa shape index (κ1) is 23.6. The third-order valence-corrected chi connectivity index (χ3v) is 7.26. The van der Waals surface area contributed by atoms with Crippen LogP contribution in [0.3, 0.4) is 0 Å². The maximum atomic E-state index is 13.2. The summed E-state index contributed by atoms with van der Waals surface area (Å²) in [5.74, 6) is 1.60. The fourth-order valence-corrected chi connectivity index (χ4v) is 5.41. The van der Waals surface area contributed by atoms with E-state index >= 15 is 0 Å². The molecule has 0 aliphatic heterocycles. The van der Waals surface area contributed by atoms with Crippen LogP contribution < -0.4 is 15.7 Å². The van der Waals surface area contributed by atoms with E-state index in [4.69, 9.17) is 4.74 Å². The third-order valence-electron chi connectivity index (χ3n) is 7.26. The first-order chi connectivity index (χ1) is 16.9. The Morgan fingerprint density at radius 2 is 1.91 bits per heavy atom. The Balaban J connectivity index is 1.53. The van der Waals surface area contributed by atoms with Crippen molar-refractivity contribution in [3.05, 3.63) is 46.8 Å². The lowest BCUT2D eigenvalue weighted by Crippen LogP contribution is -2.37. The molecule has 3 aromatic heterocycles. The van der Waals surface area contributed by atoms with Gasteiger partial charge in [0.1, 0.15) is 6.33 Å². The number of aromatic amines is 1. The molecule has 0 radical (unpaired) electrons. The van der Waals surface area contributed by atoms with Crippen molar-refractivity contribution in [1.82, 2.24) is 29.5 Å². The van der Waals surface area contributed by atoms with E-state index in [2.05, 4.69) is 60.2 Å². The molecule has 35 heavy (non-hydrogen) atoms. The Labute approximate surface area is 205 Å². The number of aromatic nitrogens is 5. The molecule has 1 aliphatic carbocycles. The van der Waals surface area contributed by atoms with Gasteiger partial charge >= 0.3 is 5.69 Å². The van der Waals surface area contributed by atoms with Crippen molar-refractivity contribution in [2.75, 3.05) is 13.7 Å². The van der Waals surface area contributed by atoms with Crippen LogP contribution in [-0.2, 0) is 0 Å². The number of H-pyrrole nitrogens is 1. The lowest BCUT2D eigenvalue weighted by molar-refractivity contribution is 0.285. The van der Waals surface area contributed by atoms with Gasteiger partial charge in [-0.05, 0) is 73.4 Å². The minimum atomic E-state index is -0.0187. The van der Waals surface area contributed by atoms with E-state index in [1.165, 1.54) is 11.9 Å². The number of pyridine rings is 1. The summed E-state index contributed by atoms with van der Waals surface area (Å²) < 4.78 is 9.33. The second-order valence-corrected chi connectivity index (χ2v) is 10.5. The van der Waals surface area contributed by atoms with Gasteiger partial charge in [-0.3, -0.25) is 4.57 Å². The van der Waals surface area contributed by atoms with E-state index in [1.807, 2.05) is 16.8 Å². The van der Waals surface area contributed by atoms with Gasteiger partial charge in [-0.1, -0.05) is 27.7 Å². The number of methoxy groups -OCH3 is 1. The van der Waals surface area contributed by atoms with Gasteiger partial charge in [0.05, 0.1) is 18.1 Å². The standard InChI is InChI=1S/C27H36N6O2/c1-16(2)13-28-19-6-8-20(9-7-19)33-24-12-21(17(3)4)22(11-23(24)31-27(33)34)18-10-25(35-5)26-29-15-30-32(26)14-18/h10-12,14-17,19-20,28H,6-9,13H2,1-5H3,(H,31,34). The van der Waals surface area contributed by atoms with Crippen LogP contribution in [0, 0.1) is 5.92 Å². The van der Waals surface area contributed by atoms with Crippen molar-refractivity contribution in [2.24, 2.45) is 5.92 Å². The Kier molecular flexibility index (Phi) is 6.40. The summed E-state index contributed by atoms with van der Waals surface area (Å²) >= 11 is 0. The highest BCUT2D eigenvalue weighted by Gasteiger charge is 2.26. The molecule has 8 nitrogen and oxygen atoms in total. The quantitative estimate of drug-likeness (QED) is 0.396. The number of rotatable bonds is 7. The van der Waals surface area contributed by atoms with Gasteiger partial charge in [0.15, 0.2) is 11.4 Å². The summed E-state index contributed by atoms with van der Waals surface area (Å²) in [5, 5.41) is 8.01. The Hall–Kier alpha value is -3.13. The zero-order valence-corrected chi connectivity index (χ0v) is 21.3. The van der Waals surface area contributed by atoms with Crippen LogP contribution in [0.2, 0.25) is 0 Å². The van der Waals surface area contributed by atoms with E-state index < -0.39 is 0 Å². The number of ether oxygens (including phenoxy) is 1. The predicted octanol–water partition coefficient (Wildman–Crippen LogP) is 4.90. The summed E-state index contributed by atoms with van der Waals surface area (Å²) in [4.78, 5) is 20.6. The molecule has 0 bridgehead atoms. The molecule has 0 spiro atoms. The van der Waals surface area contributed by atoms with E-state index in [1.54, 1.807) is 11.6 Å². The molecule has 5 rings (SSSR count). The van der Waals surface area contributed by atoms with Crippen molar-refractivity contribution in [2.45, 2.75) is 71.4 Å². The predicted molar refractivity (Wildman–Crippen MR) is 139 cm³/mol. The van der Waals surface area contributed by atoms with E-state index in [0.29, 0.717) is 23.4 Å². The Morgan fingerprint density at radius 1 is 1.14 bits per heavy atom. The summed E-state index contributed by atoms with van der Waals surface area (Å²) in [6.45, 7) is 9.91. The Morgan fingerprint density at radius 3 is 2.60 bits per heavy atom. The molecule has 0 atom stereocenters. The molecule has 0 amide bonds. The molecule has 8 heteroatoms. The molecule has 0 unspecified atom stereocenters. The molecule has 3 heterocycles. The van der Waals surface area contributed by atoms with Gasteiger partial charge in [-0.15, -0.1) is 0 Å². The fraction of sp³-hybridized carbons (Fsp3) is 0.519. The van der Waals surface area contributed by atoms with E-state index in [0.717, 1.165) is 54.4 Å². The van der Waals surface area contributed by atoms with Crippen LogP contribution in [0.4, 0.5) is 0 Å². The van der Waals surface area contributed by atoms with Crippen LogP contribution in [0.1, 0.15) is 70.9 Å². The maximum absolute atomic E-state index is 13.2. The summed E-state index contributed by atoms with van der Waals surface area (Å²) in [6.07, 6.45) is 7.73. The van der Waals surface area contributed by atoms with E-state index in [9.17, 15) is 4.79 Å². The molecular weight excluding hydrogens is 440 g/mol. The molecule has 1 saturated carbocycles. The number of nitrogens with one attached hydrogen (secondary N) is 2. The van der Waals surface area contributed by atoms with Crippen molar-refractivity contribution < 1.29 is 4.74 Å². The topological polar surface area (TPSA) is 89.2 Å². The lowest BCUT2D eigenvalue weighted by Gasteiger charge is -2.30. The second-order valence-electron chi connectivity index (χ2n) is 10.5. The number of imidazole rings is 1. The van der Waals surface area contributed by atoms with Crippen molar-refractivity contribution in [3.63, 3.8) is 0 Å². The van der Waals surface area contributed by atoms with Gasteiger partial charge in [-0.25, -0.2) is 14.3 Å². The number of nitrogens with zero attached hydrogens (tertiary/aromatic N) is 4. The summed E-state index contributed by atoms with van der Waals surface area (Å²) in [6, 6.07) is 7.09. The fourth-order valence-electron chi connectivity index (χ4n) is 5.41. The lowest BCUT2D eigenvalue weighted by atomic mass is 9.90. The van der Waals surface area contributed by atoms with Crippen LogP contribution in [0.5, 0.6) is 5.75 Å². The first-order valence-corrected chi connectivity index (χ1v) is 12.7. The van der Waals surface area contributed by atoms with Gasteiger partial charge in [0.25, 0.3) is 0 Å². The molecule has 1 aromatic carbocycles. The minimum Gasteiger partial charge on any atom is -0.493 e. The monoisotopic (exact) mass is 476 g/mol. The number of fused-ring (bicyclic) bond motifs is 2. The number of hydrogen-bond donors (Lipinski definition) is 2. The highest BCUT2D eigenvalue weighted by atomic mass is 16.5. The number of benzene rings is 1. The van der Waals surface area contributed by atoms with Crippen molar-refractivity contribution in [1.29, 1.82) is 0 Å². The van der Waals surface area contributed by atoms with Crippen LogP contribution in [0.25, 0.3) is 27.8 Å². The van der Waals surface area contributed by atoms with Gasteiger partial charge in [0, 0.05) is 23.8 Å². The summed E-state index contributed by atoms with van der Waals surface area (Å²) in [5.41, 5.74) is 5.77. The second kappa shape index (κ2) is 9.49. The molecular formula is C27H36N6O2. The van der Waals surface area contributed by atoms with Gasteiger partial charge in [-0.2, -0.15) is 5.10 Å². The largest absolute Gasteiger partial charge is 0.493 e. The average molecular weight is 477 g/mol. The maximum Gasteiger partial charge on any atom is 0.326 e. The molecule has 186 valence electrons. The first-order valence-electron chi connectivity index (χ1n) is 12.7.